The van der Waals surface area contributed by atoms with Crippen LogP contribution >= 0.6 is 7.60 Å². The lowest BCUT2D eigenvalue weighted by molar-refractivity contribution is -0.255. The number of hydrogen-bond acceptors (Lipinski definition) is 27. The Labute approximate surface area is 730 Å². The molecule has 3 saturated heterocycles. The molecule has 708 valence electrons. The maximum Gasteiger partial charge on any atom is 0.325 e. The Bertz CT molecular complexity index is 3080. The molecule has 0 spiro atoms. The lowest BCUT2D eigenvalue weighted by atomic mass is 9.79. The standard InChI is InChI=1S/C88H153N6O28P/c1-60-61(2)76(54-116-69(10)97)120-85(66(60)7)113-47-27-22-36-72(100)32-18-16-20-34-74(102)41-51-110-57-88(94-82(107)40-30-39-80(105)89-44-25-14-15-26-50-119-123(13,108)109,58-111-52-42-75(103)35-21-17-19-33-73(101)37-23-28-48-114-86-83(92-67(8)95)64(5)62(3)77(121-86)55-117-70(11)98)59-112-53-43-81(106)91-46-31-45-90-79(104)38-24-29-49-115-87-84(93-68(9)96)65(6)63(4)78(122-87)56-118-71(12)99/h60-66,76-78,83-87H,14-59H2,1-13H3,(H,89,105)(H,90,104)(H,91,106)(H,92,95)(H,93,96)(H,94,107)(H,108,109)/t60-,61+,62+,63+,64-,65-,66?,76?,77?,78?,83?,84?,85+,86+,87+,88?/m0/s1. The van der Waals surface area contributed by atoms with Crippen LogP contribution in [0.3, 0.4) is 0 Å². The summed E-state index contributed by atoms with van der Waals surface area (Å²) in [4.78, 5) is 173. The van der Waals surface area contributed by atoms with E-state index in [-0.39, 0.29) is 256 Å². The van der Waals surface area contributed by atoms with Crippen molar-refractivity contribution >= 4 is 84.1 Å². The second kappa shape index (κ2) is 63.6. The maximum atomic E-state index is 14.0. The molecule has 0 aromatic rings. The van der Waals surface area contributed by atoms with Crippen molar-refractivity contribution in [2.24, 2.45) is 41.4 Å². The molecule has 34 nitrogen and oxygen atoms in total. The normalized spacial score (nSPS) is 23.5. The zero-order valence-corrected chi connectivity index (χ0v) is 77.0. The highest BCUT2D eigenvalue weighted by atomic mass is 31.2. The van der Waals surface area contributed by atoms with Crippen LogP contribution in [-0.2, 0) is 128 Å². The summed E-state index contributed by atoms with van der Waals surface area (Å²) in [7, 11) is -3.56. The summed E-state index contributed by atoms with van der Waals surface area (Å²) in [5.41, 5.74) is -1.43. The van der Waals surface area contributed by atoms with Crippen molar-refractivity contribution < 1.29 is 133 Å². The number of ether oxygens (including phenoxy) is 12. The number of esters is 3. The SMILES string of the molecule is CC(=O)NC1[C@H](OCCCCC(=O)CCCCCC(=O)CCOCC(COCCC(=O)CCCCCC(=O)CCCCO[C@@H]2OC(COC(C)=O)[C@H](C)[C@H](C)C2C)(COCCC(=O)NCCCNC(=O)CCCCO[C@@H]2OC(COC(C)=O)[C@H](C)[C@H](C)C2NC(C)=O)NC(=O)CCCC(=O)NCCCCCCOP(C)(=O)O)OC(COC(C)=O)[C@H](C)[C@@H]1C. The minimum absolute atomic E-state index is 0.0300. The van der Waals surface area contributed by atoms with Gasteiger partial charge < -0.3 is 98.2 Å². The maximum absolute atomic E-state index is 14.0. The molecule has 35 heteroatoms. The van der Waals surface area contributed by atoms with Gasteiger partial charge in [0.2, 0.25) is 35.4 Å². The summed E-state index contributed by atoms with van der Waals surface area (Å²) in [6, 6.07) is -0.851. The van der Waals surface area contributed by atoms with E-state index >= 15 is 0 Å². The van der Waals surface area contributed by atoms with Crippen molar-refractivity contribution in [1.82, 2.24) is 31.9 Å². The number of amides is 6. The molecule has 17 atom stereocenters. The minimum atomic E-state index is -3.56. The predicted octanol–water partition coefficient (Wildman–Crippen LogP) is 9.43. The van der Waals surface area contributed by atoms with E-state index in [0.717, 1.165) is 19.5 Å². The summed E-state index contributed by atoms with van der Waals surface area (Å²) in [5, 5.41) is 17.5. The van der Waals surface area contributed by atoms with Crippen LogP contribution in [0.5, 0.6) is 0 Å². The molecule has 8 unspecified atom stereocenters. The fourth-order valence-corrected chi connectivity index (χ4v) is 15.2. The van der Waals surface area contributed by atoms with Gasteiger partial charge in [0, 0.05) is 164 Å². The Morgan fingerprint density at radius 2 is 0.650 bits per heavy atom. The van der Waals surface area contributed by atoms with E-state index in [1.54, 1.807) is 0 Å². The van der Waals surface area contributed by atoms with Gasteiger partial charge in [0.05, 0.1) is 76.6 Å². The van der Waals surface area contributed by atoms with Gasteiger partial charge in [0.15, 0.2) is 18.9 Å². The fraction of sp³-hybridized carbons (Fsp3) is 0.852. The average molecular weight is 1770 g/mol. The summed E-state index contributed by atoms with van der Waals surface area (Å²) in [6.07, 6.45) is 9.51. The zero-order valence-electron chi connectivity index (χ0n) is 76.1. The van der Waals surface area contributed by atoms with Crippen LogP contribution in [0, 0.1) is 41.4 Å². The quantitative estimate of drug-likeness (QED) is 0.0129. The lowest BCUT2D eigenvalue weighted by Gasteiger charge is -2.44. The molecular weight excluding hydrogens is 1620 g/mol. The Kier molecular flexibility index (Phi) is 57.3. The third kappa shape index (κ3) is 50.7. The highest BCUT2D eigenvalue weighted by molar-refractivity contribution is 7.51. The largest absolute Gasteiger partial charge is 0.463 e. The topological polar surface area (TPSA) is 451 Å². The predicted molar refractivity (Wildman–Crippen MR) is 456 cm³/mol. The molecule has 3 heterocycles. The number of Topliss-reactive ketones (excluding diaryl/α,β-unsaturated/α-hetero) is 4. The molecule has 0 saturated carbocycles. The number of carbonyl (C=O) groups is 13. The van der Waals surface area contributed by atoms with Crippen molar-refractivity contribution in [1.29, 1.82) is 0 Å². The van der Waals surface area contributed by atoms with Crippen molar-refractivity contribution in [3.63, 3.8) is 0 Å². The van der Waals surface area contributed by atoms with Gasteiger partial charge in [-0.3, -0.25) is 66.9 Å². The van der Waals surface area contributed by atoms with E-state index in [4.69, 9.17) is 61.4 Å². The molecule has 3 aliphatic rings. The van der Waals surface area contributed by atoms with Crippen LogP contribution in [0.1, 0.15) is 276 Å². The molecule has 3 rings (SSSR count). The Balaban J connectivity index is 1.60. The third-order valence-corrected chi connectivity index (χ3v) is 23.7. The van der Waals surface area contributed by atoms with Crippen LogP contribution in [0.2, 0.25) is 0 Å². The van der Waals surface area contributed by atoms with E-state index in [9.17, 15) is 71.8 Å². The molecule has 0 radical (unpaired) electrons. The molecular formula is C88H153N6O28P. The Hall–Kier alpha value is -6.30. The number of ketones is 4. The van der Waals surface area contributed by atoms with Gasteiger partial charge in [-0.05, 0) is 125 Å². The Morgan fingerprint density at radius 1 is 0.333 bits per heavy atom. The van der Waals surface area contributed by atoms with Crippen molar-refractivity contribution in [3.05, 3.63) is 0 Å². The summed E-state index contributed by atoms with van der Waals surface area (Å²) in [5.74, 6) is -2.42. The second-order valence-corrected chi connectivity index (χ2v) is 35.7. The smallest absolute Gasteiger partial charge is 0.325 e. The van der Waals surface area contributed by atoms with Crippen LogP contribution in [0.25, 0.3) is 0 Å². The molecule has 3 fully saturated rings. The zero-order chi connectivity index (χ0) is 91.1. The van der Waals surface area contributed by atoms with Crippen molar-refractivity contribution in [3.8, 4) is 0 Å². The van der Waals surface area contributed by atoms with E-state index in [0.29, 0.717) is 135 Å². The van der Waals surface area contributed by atoms with E-state index in [2.05, 4.69) is 52.7 Å². The van der Waals surface area contributed by atoms with Gasteiger partial charge in [-0.1, -0.05) is 74.1 Å². The van der Waals surface area contributed by atoms with E-state index in [1.165, 1.54) is 34.6 Å². The van der Waals surface area contributed by atoms with Crippen LogP contribution in [-0.4, -0.2) is 248 Å². The number of unbranched alkanes of at least 4 members (excludes halogenated alkanes) is 10. The third-order valence-electron chi connectivity index (χ3n) is 23.0. The summed E-state index contributed by atoms with van der Waals surface area (Å²) < 4.78 is 87.4. The van der Waals surface area contributed by atoms with Gasteiger partial charge in [0.25, 0.3) is 0 Å². The molecule has 0 aliphatic carbocycles. The first kappa shape index (κ1) is 111. The molecule has 6 amide bonds. The van der Waals surface area contributed by atoms with Gasteiger partial charge >= 0.3 is 25.5 Å². The highest BCUT2D eigenvalue weighted by Gasteiger charge is 2.45. The van der Waals surface area contributed by atoms with Gasteiger partial charge in [-0.25, -0.2) is 0 Å². The monoisotopic (exact) mass is 1770 g/mol. The number of rotatable bonds is 70. The highest BCUT2D eigenvalue weighted by Crippen LogP contribution is 2.38. The second-order valence-electron chi connectivity index (χ2n) is 33.8. The van der Waals surface area contributed by atoms with Gasteiger partial charge in [-0.2, -0.15) is 0 Å². The van der Waals surface area contributed by atoms with Gasteiger partial charge in [-0.15, -0.1) is 0 Å². The van der Waals surface area contributed by atoms with E-state index < -0.39 is 74.1 Å². The number of nitrogens with one attached hydrogen (secondary N) is 6. The molecule has 3 aliphatic heterocycles. The first-order valence-electron chi connectivity index (χ1n) is 45.1. The summed E-state index contributed by atoms with van der Waals surface area (Å²) in [6.45, 7) is 23.7. The van der Waals surface area contributed by atoms with Crippen molar-refractivity contribution in [2.45, 2.75) is 331 Å². The van der Waals surface area contributed by atoms with Crippen LogP contribution in [0.15, 0.2) is 0 Å². The molecule has 0 aromatic carbocycles. The van der Waals surface area contributed by atoms with Gasteiger partial charge in [0.1, 0.15) is 48.5 Å². The van der Waals surface area contributed by atoms with E-state index in [1.807, 2.05) is 27.7 Å². The molecule has 7 N–H and O–H groups in total. The van der Waals surface area contributed by atoms with Crippen LogP contribution < -0.4 is 31.9 Å². The average Bonchev–Trinajstić information content (AvgIpc) is 0.806. The molecule has 0 bridgehead atoms. The fourth-order valence-electron chi connectivity index (χ4n) is 14.8. The first-order valence-corrected chi connectivity index (χ1v) is 47.1. The van der Waals surface area contributed by atoms with Crippen molar-refractivity contribution in [2.75, 3.05) is 112 Å². The number of carbonyl (C=O) groups excluding carboxylic acids is 13. The Morgan fingerprint density at radius 3 is 1.06 bits per heavy atom. The molecule has 123 heavy (non-hydrogen) atoms. The summed E-state index contributed by atoms with van der Waals surface area (Å²) >= 11 is 0. The lowest BCUT2D eigenvalue weighted by Crippen LogP contribution is -2.58. The molecule has 0 aromatic heterocycles. The number of hydrogen-bond donors (Lipinski definition) is 7. The van der Waals surface area contributed by atoms with Crippen LogP contribution in [0.4, 0.5) is 0 Å². The minimum Gasteiger partial charge on any atom is -0.463 e. The first-order chi connectivity index (χ1) is 58.5.